The van der Waals surface area contributed by atoms with Crippen molar-refractivity contribution in [2.24, 2.45) is 5.73 Å². The number of benzene rings is 1. The van der Waals surface area contributed by atoms with Crippen LogP contribution in [0.15, 0.2) is 16.6 Å². The molecule has 1 unspecified atom stereocenters. The molecular weight excluding hydrogens is 332 g/mol. The van der Waals surface area contributed by atoms with Crippen LogP contribution in [-0.4, -0.2) is 44.5 Å². The van der Waals surface area contributed by atoms with Crippen LogP contribution < -0.4 is 16.0 Å². The summed E-state index contributed by atoms with van der Waals surface area (Å²) in [4.78, 5) is 16.2. The van der Waals surface area contributed by atoms with Crippen LogP contribution in [0.25, 0.3) is 0 Å². The van der Waals surface area contributed by atoms with E-state index in [-0.39, 0.29) is 5.91 Å². The van der Waals surface area contributed by atoms with Crippen molar-refractivity contribution in [3.05, 3.63) is 22.2 Å². The number of likely N-dealkylation sites (N-methyl/N-ethyl adjacent to an activating group) is 1. The fraction of sp³-hybridized carbons (Fsp3) is 0.533. The molecular formula is C15H23BrN4O. The zero-order valence-electron chi connectivity index (χ0n) is 12.8. The van der Waals surface area contributed by atoms with Crippen LogP contribution >= 0.6 is 15.9 Å². The molecule has 0 saturated carbocycles. The Balaban J connectivity index is 2.29. The Morgan fingerprint density at radius 2 is 2.00 bits per heavy atom. The normalized spacial score (nSPS) is 17.0. The predicted octanol–water partition coefficient (Wildman–Crippen LogP) is 2.18. The van der Waals surface area contributed by atoms with Crippen molar-refractivity contribution in [2.45, 2.75) is 19.4 Å². The zero-order chi connectivity index (χ0) is 15.6. The number of carbonyl (C=O) groups is 1. The summed E-state index contributed by atoms with van der Waals surface area (Å²) in [6, 6.07) is 3.42. The van der Waals surface area contributed by atoms with E-state index in [1.165, 1.54) is 0 Å². The summed E-state index contributed by atoms with van der Waals surface area (Å²) in [7, 11) is 4.14. The SMILES string of the molecule is CCCN(CCN(C)C)c1cc2c(cc1Br)C(N)C(=O)N2. The Hall–Kier alpha value is -1.11. The highest BCUT2D eigenvalue weighted by Gasteiger charge is 2.28. The third-order valence-corrected chi connectivity index (χ3v) is 4.28. The Labute approximate surface area is 134 Å². The molecule has 1 aliphatic heterocycles. The van der Waals surface area contributed by atoms with Crippen LogP contribution in [0.5, 0.6) is 0 Å². The Kier molecular flexibility index (Phi) is 5.24. The van der Waals surface area contributed by atoms with E-state index in [0.29, 0.717) is 0 Å². The van der Waals surface area contributed by atoms with Gasteiger partial charge < -0.3 is 20.9 Å². The molecule has 1 aromatic carbocycles. The average molecular weight is 355 g/mol. The Morgan fingerprint density at radius 1 is 1.29 bits per heavy atom. The quantitative estimate of drug-likeness (QED) is 0.821. The molecule has 116 valence electrons. The number of amides is 1. The smallest absolute Gasteiger partial charge is 0.245 e. The maximum atomic E-state index is 11.7. The van der Waals surface area contributed by atoms with Gasteiger partial charge in [-0.25, -0.2) is 0 Å². The van der Waals surface area contributed by atoms with Crippen molar-refractivity contribution < 1.29 is 4.79 Å². The van der Waals surface area contributed by atoms with E-state index < -0.39 is 6.04 Å². The largest absolute Gasteiger partial charge is 0.369 e. The lowest BCUT2D eigenvalue weighted by atomic mass is 10.1. The fourth-order valence-electron chi connectivity index (χ4n) is 2.48. The van der Waals surface area contributed by atoms with E-state index in [9.17, 15) is 4.79 Å². The highest BCUT2D eigenvalue weighted by Crippen LogP contribution is 2.38. The number of nitrogens with two attached hydrogens (primary N) is 1. The summed E-state index contributed by atoms with van der Waals surface area (Å²) >= 11 is 3.63. The highest BCUT2D eigenvalue weighted by atomic mass is 79.9. The van der Waals surface area contributed by atoms with E-state index in [4.69, 9.17) is 5.73 Å². The van der Waals surface area contributed by atoms with Gasteiger partial charge in [-0.2, -0.15) is 0 Å². The lowest BCUT2D eigenvalue weighted by Crippen LogP contribution is -2.32. The summed E-state index contributed by atoms with van der Waals surface area (Å²) in [5, 5.41) is 2.85. The summed E-state index contributed by atoms with van der Waals surface area (Å²) in [6.07, 6.45) is 1.07. The lowest BCUT2D eigenvalue weighted by Gasteiger charge is -2.27. The van der Waals surface area contributed by atoms with Gasteiger partial charge in [-0.3, -0.25) is 4.79 Å². The third-order valence-electron chi connectivity index (χ3n) is 3.65. The molecule has 0 spiro atoms. The van der Waals surface area contributed by atoms with Crippen LogP contribution in [0.1, 0.15) is 24.9 Å². The number of halogens is 1. The fourth-order valence-corrected chi connectivity index (χ4v) is 3.09. The van der Waals surface area contributed by atoms with Crippen LogP contribution in [-0.2, 0) is 4.79 Å². The second-order valence-corrected chi connectivity index (χ2v) is 6.50. The molecule has 5 nitrogen and oxygen atoms in total. The molecule has 0 aliphatic carbocycles. The van der Waals surface area contributed by atoms with Gasteiger partial charge in [0.05, 0.1) is 5.69 Å². The summed E-state index contributed by atoms with van der Waals surface area (Å²) < 4.78 is 0.986. The van der Waals surface area contributed by atoms with Crippen molar-refractivity contribution in [1.29, 1.82) is 0 Å². The topological polar surface area (TPSA) is 61.6 Å². The van der Waals surface area contributed by atoms with Crippen LogP contribution in [0.2, 0.25) is 0 Å². The molecule has 1 amide bonds. The molecule has 0 radical (unpaired) electrons. The summed E-state index contributed by atoms with van der Waals surface area (Å²) in [5.74, 6) is -0.135. The predicted molar refractivity (Wildman–Crippen MR) is 90.8 cm³/mol. The molecule has 6 heteroatoms. The van der Waals surface area contributed by atoms with Gasteiger partial charge in [0.1, 0.15) is 6.04 Å². The number of carbonyl (C=O) groups excluding carboxylic acids is 1. The van der Waals surface area contributed by atoms with Gasteiger partial charge in [0.2, 0.25) is 5.91 Å². The van der Waals surface area contributed by atoms with Gasteiger partial charge in [-0.15, -0.1) is 0 Å². The van der Waals surface area contributed by atoms with Crippen LogP contribution in [0.3, 0.4) is 0 Å². The molecule has 1 aromatic rings. The van der Waals surface area contributed by atoms with Crippen molar-refractivity contribution in [3.8, 4) is 0 Å². The van der Waals surface area contributed by atoms with E-state index in [0.717, 1.165) is 47.5 Å². The van der Waals surface area contributed by atoms with Gasteiger partial charge in [-0.05, 0) is 48.6 Å². The standard InChI is InChI=1S/C15H23BrN4O/c1-4-5-20(7-6-19(2)3)13-9-12-10(8-11(13)16)14(17)15(21)18-12/h8-9,14H,4-7,17H2,1-3H3,(H,18,21). The highest BCUT2D eigenvalue weighted by molar-refractivity contribution is 9.10. The second kappa shape index (κ2) is 6.77. The maximum Gasteiger partial charge on any atom is 0.245 e. The monoisotopic (exact) mass is 354 g/mol. The van der Waals surface area contributed by atoms with E-state index in [2.05, 4.69) is 52.1 Å². The van der Waals surface area contributed by atoms with E-state index in [1.807, 2.05) is 12.1 Å². The van der Waals surface area contributed by atoms with Gasteiger partial charge in [0.15, 0.2) is 0 Å². The number of fused-ring (bicyclic) bond motifs is 1. The summed E-state index contributed by atoms with van der Waals surface area (Å²) in [6.45, 7) is 5.07. The molecule has 0 aromatic heterocycles. The minimum Gasteiger partial charge on any atom is -0.369 e. The molecule has 1 aliphatic rings. The van der Waals surface area contributed by atoms with E-state index in [1.54, 1.807) is 0 Å². The van der Waals surface area contributed by atoms with Gasteiger partial charge in [-0.1, -0.05) is 6.92 Å². The first-order valence-corrected chi connectivity index (χ1v) is 8.03. The molecule has 3 N–H and O–H groups in total. The van der Waals surface area contributed by atoms with Gasteiger partial charge >= 0.3 is 0 Å². The number of anilines is 2. The van der Waals surface area contributed by atoms with Gasteiger partial charge in [0.25, 0.3) is 0 Å². The summed E-state index contributed by atoms with van der Waals surface area (Å²) in [5.41, 5.74) is 8.68. The van der Waals surface area contributed by atoms with Crippen molar-refractivity contribution in [2.75, 3.05) is 43.9 Å². The number of nitrogens with zero attached hydrogens (tertiary/aromatic N) is 2. The zero-order valence-corrected chi connectivity index (χ0v) is 14.4. The number of rotatable bonds is 6. The molecule has 1 atom stereocenters. The van der Waals surface area contributed by atoms with Crippen molar-refractivity contribution in [1.82, 2.24) is 4.90 Å². The second-order valence-electron chi connectivity index (χ2n) is 5.65. The minimum absolute atomic E-state index is 0.135. The number of nitrogens with one attached hydrogen (secondary N) is 1. The first-order chi connectivity index (χ1) is 9.93. The molecule has 21 heavy (non-hydrogen) atoms. The lowest BCUT2D eigenvalue weighted by molar-refractivity contribution is -0.116. The first-order valence-electron chi connectivity index (χ1n) is 7.23. The maximum absolute atomic E-state index is 11.7. The number of hydrogen-bond acceptors (Lipinski definition) is 4. The first kappa shape index (κ1) is 16.3. The Morgan fingerprint density at radius 3 is 2.62 bits per heavy atom. The average Bonchev–Trinajstić information content (AvgIpc) is 2.69. The molecule has 1 heterocycles. The third kappa shape index (κ3) is 3.56. The van der Waals surface area contributed by atoms with Crippen molar-refractivity contribution >= 4 is 33.2 Å². The van der Waals surface area contributed by atoms with Gasteiger partial charge in [0, 0.05) is 35.4 Å². The van der Waals surface area contributed by atoms with Crippen LogP contribution in [0.4, 0.5) is 11.4 Å². The molecule has 2 rings (SSSR count). The molecule has 0 fully saturated rings. The Bertz CT molecular complexity index is 533. The van der Waals surface area contributed by atoms with Crippen LogP contribution in [0, 0.1) is 0 Å². The van der Waals surface area contributed by atoms with Crippen molar-refractivity contribution in [3.63, 3.8) is 0 Å². The minimum atomic E-state index is -0.563. The molecule has 0 saturated heterocycles. The molecule has 0 bridgehead atoms. The number of hydrogen-bond donors (Lipinski definition) is 2. The van der Waals surface area contributed by atoms with E-state index >= 15 is 0 Å².